The topological polar surface area (TPSA) is 107 Å². The van der Waals surface area contributed by atoms with Gasteiger partial charge < -0.3 is 20.6 Å². The molecule has 0 aromatic rings. The molecule has 0 saturated heterocycles. The number of rotatable bonds is 7. The Labute approximate surface area is 222 Å². The zero-order valence-corrected chi connectivity index (χ0v) is 20.9. The monoisotopic (exact) mass is 500 g/mol. The van der Waals surface area contributed by atoms with E-state index in [9.17, 15) is 19.8 Å². The maximum Gasteiger partial charge on any atom is 0.322 e. The number of hydrogen-bond donors (Lipinski definition) is 4. The molecule has 4 fully saturated rings. The molecular formula is C29H51NO5. The fourth-order valence-corrected chi connectivity index (χ4v) is 8.83. The molecule has 0 heterocycles. The molecule has 0 aromatic carbocycles. The maximum absolute atomic E-state index is 12.3. The first-order valence-corrected chi connectivity index (χ1v) is 13.0. The predicted octanol–water partition coefficient (Wildman–Crippen LogP) is 4.87. The van der Waals surface area contributed by atoms with Gasteiger partial charge in [-0.15, -0.1) is 0 Å². The Kier molecular flexibility index (Phi) is 6.08. The van der Waals surface area contributed by atoms with E-state index in [0.717, 1.165) is 19.3 Å². The number of carbonyl (C=O) groups excluding carboxylic acids is 1. The molecular weight excluding hydrogens is 442 g/mol. The second kappa shape index (κ2) is 10.7. The van der Waals surface area contributed by atoms with Gasteiger partial charge in [0.25, 0.3) is 0 Å². The number of aliphatic carboxylic acids is 1. The van der Waals surface area contributed by atoms with Gasteiger partial charge in [0.2, 0.25) is 5.91 Å². The molecule has 0 aliphatic heterocycles. The normalized spacial score (nSPS) is 53.7. The first kappa shape index (κ1) is 19.9. The second-order valence-electron chi connectivity index (χ2n) is 11.9. The van der Waals surface area contributed by atoms with Gasteiger partial charge in [0, 0.05) is 11.9 Å². The average molecular weight is 501 g/mol. The van der Waals surface area contributed by atoms with Crippen LogP contribution in [0.15, 0.2) is 0 Å². The van der Waals surface area contributed by atoms with E-state index in [0.29, 0.717) is 19.3 Å². The lowest BCUT2D eigenvalue weighted by Crippen LogP contribution is -2.62. The largest absolute Gasteiger partial charge is 0.480 e. The molecule has 6 heteroatoms. The number of aliphatic hydroxyl groups excluding tert-OH is 1. The zero-order valence-electron chi connectivity index (χ0n) is 27.9. The van der Waals surface area contributed by atoms with Crippen molar-refractivity contribution >= 4 is 11.9 Å². The third-order valence-corrected chi connectivity index (χ3v) is 10.4. The van der Waals surface area contributed by atoms with Crippen LogP contribution in [-0.4, -0.2) is 45.9 Å². The SMILES string of the molecule is C.[2H]C([2H])(NC(=O)CC[C@@H](C)[C@H]1CCC2C3C(CC[C@@]21C)[C@@]1(C)CC([2H])([2H])[C@]([2H])(O)C([2H])([2H])[C@H]1[C@@H](CC)[C@H]3O)C(=O)O. The van der Waals surface area contributed by atoms with Crippen LogP contribution in [0.25, 0.3) is 0 Å². The molecule has 4 aliphatic rings. The van der Waals surface area contributed by atoms with E-state index in [2.05, 4.69) is 13.8 Å². The highest BCUT2D eigenvalue weighted by molar-refractivity contribution is 5.81. The first-order chi connectivity index (χ1) is 18.6. The van der Waals surface area contributed by atoms with Gasteiger partial charge in [-0.3, -0.25) is 9.59 Å². The van der Waals surface area contributed by atoms with Crippen LogP contribution in [-0.2, 0) is 9.59 Å². The lowest BCUT2D eigenvalue weighted by molar-refractivity contribution is -0.203. The number of amides is 1. The smallest absolute Gasteiger partial charge is 0.322 e. The summed E-state index contributed by atoms with van der Waals surface area (Å²) in [7, 11) is 0. The summed E-state index contributed by atoms with van der Waals surface area (Å²) in [5, 5.41) is 33.7. The Morgan fingerprint density at radius 1 is 1.14 bits per heavy atom. The van der Waals surface area contributed by atoms with Crippen molar-refractivity contribution in [3.63, 3.8) is 0 Å². The lowest BCUT2D eigenvalue weighted by atomic mass is 9.41. The van der Waals surface area contributed by atoms with E-state index < -0.39 is 60.6 Å². The minimum Gasteiger partial charge on any atom is -0.480 e. The molecule has 0 bridgehead atoms. The van der Waals surface area contributed by atoms with Gasteiger partial charge in [0.05, 0.1) is 16.3 Å². The summed E-state index contributed by atoms with van der Waals surface area (Å²) in [6.07, 6.45) is -4.84. The fraction of sp³-hybridized carbons (Fsp3) is 0.931. The molecule has 4 N–H and O–H groups in total. The van der Waals surface area contributed by atoms with Crippen molar-refractivity contribution in [2.45, 2.75) is 111 Å². The highest BCUT2D eigenvalue weighted by atomic mass is 16.4. The molecule has 35 heavy (non-hydrogen) atoms. The Hall–Kier alpha value is -1.14. The van der Waals surface area contributed by atoms with Gasteiger partial charge in [-0.1, -0.05) is 41.5 Å². The summed E-state index contributed by atoms with van der Waals surface area (Å²) in [5.41, 5.74) is -1.02. The first-order valence-electron chi connectivity index (χ1n) is 16.5. The molecule has 0 spiro atoms. The quantitative estimate of drug-likeness (QED) is 0.399. The number of carboxylic acid groups (broad SMARTS) is 1. The minimum atomic E-state index is -2.93. The number of nitrogens with one attached hydrogen (secondary N) is 1. The Morgan fingerprint density at radius 2 is 1.83 bits per heavy atom. The van der Waals surface area contributed by atoms with Crippen LogP contribution in [0.1, 0.15) is 109 Å². The van der Waals surface area contributed by atoms with E-state index in [1.807, 2.05) is 19.2 Å². The molecule has 3 unspecified atom stereocenters. The molecule has 4 aliphatic carbocycles. The summed E-state index contributed by atoms with van der Waals surface area (Å²) >= 11 is 0. The van der Waals surface area contributed by atoms with Crippen molar-refractivity contribution in [3.05, 3.63) is 0 Å². The summed E-state index contributed by atoms with van der Waals surface area (Å²) in [5.74, 6) is -3.72. The van der Waals surface area contributed by atoms with Crippen molar-refractivity contribution in [1.82, 2.24) is 5.32 Å². The Morgan fingerprint density at radius 3 is 2.49 bits per heavy atom. The third kappa shape index (κ3) is 4.91. The second-order valence-corrected chi connectivity index (χ2v) is 11.9. The summed E-state index contributed by atoms with van der Waals surface area (Å²) < 4.78 is 58.2. The van der Waals surface area contributed by atoms with E-state index >= 15 is 0 Å². The van der Waals surface area contributed by atoms with Crippen LogP contribution in [0.2, 0.25) is 0 Å². The number of fused-ring (bicyclic) bond motifs is 5. The number of carbonyl (C=O) groups is 2. The molecule has 4 rings (SSSR count). The van der Waals surface area contributed by atoms with Gasteiger partial charge in [-0.2, -0.15) is 0 Å². The lowest BCUT2D eigenvalue weighted by Gasteiger charge is -2.64. The third-order valence-electron chi connectivity index (χ3n) is 10.4. The van der Waals surface area contributed by atoms with Crippen LogP contribution in [0.4, 0.5) is 0 Å². The van der Waals surface area contributed by atoms with Gasteiger partial charge in [-0.25, -0.2) is 0 Å². The predicted molar refractivity (Wildman–Crippen MR) is 138 cm³/mol. The molecule has 4 saturated carbocycles. The molecule has 6 nitrogen and oxygen atoms in total. The van der Waals surface area contributed by atoms with Crippen LogP contribution in [0.3, 0.4) is 0 Å². The number of aliphatic hydroxyl groups is 2. The van der Waals surface area contributed by atoms with Gasteiger partial charge in [0.1, 0.15) is 6.50 Å². The highest BCUT2D eigenvalue weighted by Crippen LogP contribution is 2.69. The van der Waals surface area contributed by atoms with Gasteiger partial charge in [0.15, 0.2) is 0 Å². The summed E-state index contributed by atoms with van der Waals surface area (Å²) in [6.45, 7) is 5.27. The van der Waals surface area contributed by atoms with Crippen LogP contribution in [0.5, 0.6) is 0 Å². The van der Waals surface area contributed by atoms with Crippen molar-refractivity contribution in [2.75, 3.05) is 6.50 Å². The molecule has 0 aromatic heterocycles. The Bertz CT molecular complexity index is 1060. The summed E-state index contributed by atoms with van der Waals surface area (Å²) in [6, 6.07) is 0. The molecule has 1 amide bonds. The highest BCUT2D eigenvalue weighted by Gasteiger charge is 2.64. The van der Waals surface area contributed by atoms with Crippen molar-refractivity contribution < 1.29 is 34.5 Å². The van der Waals surface area contributed by atoms with Crippen LogP contribution >= 0.6 is 0 Å². The van der Waals surface area contributed by atoms with Crippen molar-refractivity contribution in [3.8, 4) is 0 Å². The minimum absolute atomic E-state index is 0. The Balaban J connectivity index is 0.00000484. The van der Waals surface area contributed by atoms with Crippen LogP contribution < -0.4 is 5.32 Å². The fourth-order valence-electron chi connectivity index (χ4n) is 8.83. The van der Waals surface area contributed by atoms with E-state index in [-0.39, 0.29) is 55.3 Å². The number of hydrogen-bond acceptors (Lipinski definition) is 4. The molecule has 11 atom stereocenters. The standard InChI is InChI=1S/C28H47NO5.CH4/c1-5-18-22-14-17(30)10-12-28(22,4)21-11-13-27(3)19(7-8-20(27)25(21)26(18)34)16(2)6-9-23(31)29-15-24(32)33;/h16-22,25-26,30,34H,5-15H2,1-4H3,(H,29,31)(H,32,33);1H4/t16-,17+,18-,19-,20?,21?,22+,25?,26-,27-,28-;/m1./s1/i10D2,14D2,15D2,17D;. The van der Waals surface area contributed by atoms with Gasteiger partial charge >= 0.3 is 5.97 Å². The molecule has 202 valence electrons. The molecule has 0 radical (unpaired) electrons. The van der Waals surface area contributed by atoms with E-state index in [4.69, 9.17) is 14.7 Å². The number of carboxylic acids is 1. The zero-order chi connectivity index (χ0) is 31.1. The maximum atomic E-state index is 12.3. The van der Waals surface area contributed by atoms with Gasteiger partial charge in [-0.05, 0) is 104 Å². The van der Waals surface area contributed by atoms with E-state index in [1.165, 1.54) is 0 Å². The van der Waals surface area contributed by atoms with Crippen molar-refractivity contribution in [1.29, 1.82) is 0 Å². The van der Waals surface area contributed by atoms with Crippen molar-refractivity contribution in [2.24, 2.45) is 52.3 Å². The summed E-state index contributed by atoms with van der Waals surface area (Å²) in [4.78, 5) is 23.4. The average Bonchev–Trinajstić information content (AvgIpc) is 3.19. The van der Waals surface area contributed by atoms with E-state index in [1.54, 1.807) is 0 Å². The van der Waals surface area contributed by atoms with Crippen LogP contribution in [0, 0.1) is 52.3 Å².